The Hall–Kier alpha value is -3.08. The maximum Gasteiger partial charge on any atom is 0.339 e. The number of Topliss-reactive ketones (excluding diaryl/α,β-unsaturated/α-hetero) is 1. The highest BCUT2D eigenvalue weighted by Gasteiger charge is 2.15. The third-order valence-corrected chi connectivity index (χ3v) is 4.76. The number of fused-ring (bicyclic) bond motifs is 1. The Labute approximate surface area is 157 Å². The smallest absolute Gasteiger partial charge is 0.339 e. The van der Waals surface area contributed by atoms with Crippen LogP contribution in [0.15, 0.2) is 45.6 Å². The lowest BCUT2D eigenvalue weighted by atomic mass is 10.0. The number of hydrogen-bond donors (Lipinski definition) is 0. The van der Waals surface area contributed by atoms with Gasteiger partial charge in [0.15, 0.2) is 12.4 Å². The summed E-state index contributed by atoms with van der Waals surface area (Å²) in [5.41, 5.74) is 3.00. The maximum atomic E-state index is 12.4. The second-order valence-electron chi connectivity index (χ2n) is 6.36. The minimum Gasteiger partial charge on any atom is -0.497 e. The monoisotopic (exact) mass is 366 g/mol. The van der Waals surface area contributed by atoms with E-state index in [1.54, 1.807) is 31.4 Å². The van der Waals surface area contributed by atoms with Crippen molar-refractivity contribution < 1.29 is 18.7 Å². The molecule has 3 aromatic rings. The molecule has 5 nitrogen and oxygen atoms in total. The summed E-state index contributed by atoms with van der Waals surface area (Å²) in [6, 6.07) is 10.6. The van der Waals surface area contributed by atoms with Gasteiger partial charge in [0, 0.05) is 22.1 Å². The molecule has 27 heavy (non-hydrogen) atoms. The van der Waals surface area contributed by atoms with Crippen LogP contribution < -0.4 is 15.1 Å². The number of carbonyl (C=O) groups excluding carboxylic acids is 1. The van der Waals surface area contributed by atoms with Gasteiger partial charge in [0.2, 0.25) is 0 Å². The van der Waals surface area contributed by atoms with Gasteiger partial charge in [0.25, 0.3) is 0 Å². The summed E-state index contributed by atoms with van der Waals surface area (Å²) in [5.74, 6) is 0.977. The second-order valence-corrected chi connectivity index (χ2v) is 6.36. The van der Waals surface area contributed by atoms with E-state index in [4.69, 9.17) is 13.9 Å². The molecule has 0 aliphatic rings. The lowest BCUT2D eigenvalue weighted by Crippen LogP contribution is -2.13. The summed E-state index contributed by atoms with van der Waals surface area (Å²) in [6.45, 7) is 5.56. The van der Waals surface area contributed by atoms with E-state index >= 15 is 0 Å². The first-order chi connectivity index (χ1) is 13.0. The highest BCUT2D eigenvalue weighted by molar-refractivity contribution is 5.97. The molecular formula is C22H22O5. The van der Waals surface area contributed by atoms with Gasteiger partial charge in [-0.05, 0) is 50.1 Å². The Balaban J connectivity index is 1.88. The van der Waals surface area contributed by atoms with Crippen molar-refractivity contribution in [1.29, 1.82) is 0 Å². The summed E-state index contributed by atoms with van der Waals surface area (Å²) >= 11 is 0. The number of ether oxygens (including phenoxy) is 2. The quantitative estimate of drug-likeness (QED) is 0.482. The molecule has 0 aliphatic heterocycles. The third kappa shape index (κ3) is 3.58. The molecule has 0 atom stereocenters. The van der Waals surface area contributed by atoms with Crippen LogP contribution in [0.3, 0.4) is 0 Å². The molecule has 2 aromatic carbocycles. The molecule has 0 unspecified atom stereocenters. The van der Waals surface area contributed by atoms with Gasteiger partial charge in [-0.1, -0.05) is 19.1 Å². The van der Waals surface area contributed by atoms with Crippen LogP contribution in [0.1, 0.15) is 34.0 Å². The normalized spacial score (nSPS) is 10.8. The lowest BCUT2D eigenvalue weighted by Gasteiger charge is -2.12. The average molecular weight is 366 g/mol. The molecule has 1 heterocycles. The van der Waals surface area contributed by atoms with E-state index in [-0.39, 0.29) is 18.0 Å². The van der Waals surface area contributed by atoms with Gasteiger partial charge in [0.05, 0.1) is 7.11 Å². The van der Waals surface area contributed by atoms with E-state index in [0.717, 1.165) is 10.9 Å². The van der Waals surface area contributed by atoms with Crippen molar-refractivity contribution in [3.8, 4) is 11.5 Å². The predicted molar refractivity (Wildman–Crippen MR) is 104 cm³/mol. The zero-order chi connectivity index (χ0) is 19.6. The average Bonchev–Trinajstić information content (AvgIpc) is 2.68. The number of benzene rings is 2. The molecule has 5 heteroatoms. The zero-order valence-corrected chi connectivity index (χ0v) is 15.9. The molecule has 140 valence electrons. The van der Waals surface area contributed by atoms with Crippen LogP contribution in [0.4, 0.5) is 0 Å². The summed E-state index contributed by atoms with van der Waals surface area (Å²) in [6.07, 6.45) is 0.621. The van der Waals surface area contributed by atoms with Crippen molar-refractivity contribution in [3.05, 3.63) is 69.1 Å². The Morgan fingerprint density at radius 1 is 1.11 bits per heavy atom. The van der Waals surface area contributed by atoms with Crippen molar-refractivity contribution in [1.82, 2.24) is 0 Å². The molecule has 0 fully saturated rings. The van der Waals surface area contributed by atoms with Gasteiger partial charge >= 0.3 is 5.63 Å². The number of hydrogen-bond acceptors (Lipinski definition) is 5. The zero-order valence-electron chi connectivity index (χ0n) is 15.9. The maximum absolute atomic E-state index is 12.4. The van der Waals surface area contributed by atoms with E-state index in [9.17, 15) is 9.59 Å². The van der Waals surface area contributed by atoms with Crippen LogP contribution in [0.2, 0.25) is 0 Å². The molecule has 3 rings (SSSR count). The van der Waals surface area contributed by atoms with Gasteiger partial charge in [-0.15, -0.1) is 0 Å². The van der Waals surface area contributed by atoms with Crippen LogP contribution >= 0.6 is 0 Å². The first-order valence-corrected chi connectivity index (χ1v) is 8.82. The first-order valence-electron chi connectivity index (χ1n) is 8.82. The Morgan fingerprint density at radius 3 is 2.59 bits per heavy atom. The topological polar surface area (TPSA) is 65.7 Å². The minimum absolute atomic E-state index is 0.115. The van der Waals surface area contributed by atoms with Gasteiger partial charge < -0.3 is 13.9 Å². The van der Waals surface area contributed by atoms with Crippen molar-refractivity contribution in [3.63, 3.8) is 0 Å². The van der Waals surface area contributed by atoms with E-state index in [2.05, 4.69) is 0 Å². The summed E-state index contributed by atoms with van der Waals surface area (Å²) in [5, 5.41) is 0.885. The van der Waals surface area contributed by atoms with E-state index in [0.29, 0.717) is 40.2 Å². The van der Waals surface area contributed by atoms with Gasteiger partial charge in [-0.2, -0.15) is 0 Å². The molecule has 0 saturated heterocycles. The fourth-order valence-electron chi connectivity index (χ4n) is 3.16. The highest BCUT2D eigenvalue weighted by Crippen LogP contribution is 2.29. The fourth-order valence-corrected chi connectivity index (χ4v) is 3.16. The number of rotatable bonds is 6. The molecule has 0 radical (unpaired) electrons. The van der Waals surface area contributed by atoms with Crippen LogP contribution in [0.25, 0.3) is 11.0 Å². The Kier molecular flexibility index (Phi) is 5.31. The minimum atomic E-state index is -0.324. The fraction of sp³-hybridized carbons (Fsp3) is 0.273. The lowest BCUT2D eigenvalue weighted by molar-refractivity contribution is 0.0920. The molecule has 0 spiro atoms. The van der Waals surface area contributed by atoms with Crippen molar-refractivity contribution in [2.24, 2.45) is 0 Å². The molecule has 1 aromatic heterocycles. The second kappa shape index (κ2) is 7.66. The molecule has 0 amide bonds. The van der Waals surface area contributed by atoms with E-state index in [1.165, 1.54) is 0 Å². The number of carbonyl (C=O) groups is 1. The van der Waals surface area contributed by atoms with Gasteiger partial charge in [-0.3, -0.25) is 4.79 Å². The molecular weight excluding hydrogens is 344 g/mol. The van der Waals surface area contributed by atoms with E-state index in [1.807, 2.05) is 32.9 Å². The molecule has 0 saturated carbocycles. The van der Waals surface area contributed by atoms with Gasteiger partial charge in [-0.25, -0.2) is 4.79 Å². The molecule has 0 N–H and O–H groups in total. The van der Waals surface area contributed by atoms with Crippen LogP contribution in [-0.4, -0.2) is 19.5 Å². The van der Waals surface area contributed by atoms with Crippen molar-refractivity contribution >= 4 is 16.8 Å². The summed E-state index contributed by atoms with van der Waals surface area (Å²) in [4.78, 5) is 24.6. The first kappa shape index (κ1) is 18.7. The number of methoxy groups -OCH3 is 1. The summed E-state index contributed by atoms with van der Waals surface area (Å²) in [7, 11) is 1.55. The third-order valence-electron chi connectivity index (χ3n) is 4.76. The Morgan fingerprint density at radius 2 is 1.89 bits per heavy atom. The largest absolute Gasteiger partial charge is 0.497 e. The number of aryl methyl sites for hydroxylation is 2. The van der Waals surface area contributed by atoms with Crippen LogP contribution in [0, 0.1) is 13.8 Å². The predicted octanol–water partition coefficient (Wildman–Crippen LogP) is 4.24. The van der Waals surface area contributed by atoms with Crippen LogP contribution in [-0.2, 0) is 6.42 Å². The van der Waals surface area contributed by atoms with Crippen molar-refractivity contribution in [2.45, 2.75) is 27.2 Å². The highest BCUT2D eigenvalue weighted by atomic mass is 16.5. The summed E-state index contributed by atoms with van der Waals surface area (Å²) < 4.78 is 16.4. The van der Waals surface area contributed by atoms with E-state index < -0.39 is 0 Å². The SMILES string of the molecule is CCc1c(C)c2ccc(OCC(=O)c3cccc(OC)c3)c(C)c2oc1=O. The standard InChI is InChI=1S/C22H22O5/c1-5-17-13(2)18-9-10-20(14(3)21(18)27-22(17)24)26-12-19(23)15-7-6-8-16(11-15)25-4/h6-11H,5,12H2,1-4H3. The van der Waals surface area contributed by atoms with Gasteiger partial charge in [0.1, 0.15) is 17.1 Å². The number of ketones is 1. The molecule has 0 aliphatic carbocycles. The van der Waals surface area contributed by atoms with Crippen molar-refractivity contribution in [2.75, 3.05) is 13.7 Å². The van der Waals surface area contributed by atoms with Crippen LogP contribution in [0.5, 0.6) is 11.5 Å². The molecule has 0 bridgehead atoms. The Bertz CT molecular complexity index is 1060.